The van der Waals surface area contributed by atoms with Crippen LogP contribution in [0.15, 0.2) is 29.3 Å². The third-order valence-corrected chi connectivity index (χ3v) is 7.48. The second-order valence-corrected chi connectivity index (χ2v) is 11.0. The summed E-state index contributed by atoms with van der Waals surface area (Å²) in [7, 11) is -4.08. The van der Waals surface area contributed by atoms with Crippen LogP contribution in [-0.4, -0.2) is 130 Å². The largest absolute Gasteiger partial charge is 0.349 e. The van der Waals surface area contributed by atoms with Crippen LogP contribution in [0, 0.1) is 6.92 Å². The van der Waals surface area contributed by atoms with Gasteiger partial charge in [-0.05, 0) is 32.2 Å². The van der Waals surface area contributed by atoms with Crippen LogP contribution in [0.1, 0.15) is 17.5 Å². The molecule has 1 fully saturated rings. The summed E-state index contributed by atoms with van der Waals surface area (Å²) in [4.78, 5) is 62.1. The maximum atomic E-state index is 11.1. The molecule has 1 aromatic rings. The average Bonchev–Trinajstić information content (AvgIpc) is 2.82. The van der Waals surface area contributed by atoms with E-state index < -0.39 is 16.8 Å². The minimum atomic E-state index is -2.04. The second kappa shape index (κ2) is 17.4. The van der Waals surface area contributed by atoms with Gasteiger partial charge in [-0.2, -0.15) is 0 Å². The first-order chi connectivity index (χ1) is 17.3. The van der Waals surface area contributed by atoms with Gasteiger partial charge in [-0.3, -0.25) is 19.7 Å². The molecule has 0 unspecified atom stereocenters. The third-order valence-electron chi connectivity index (χ3n) is 6.18. The summed E-state index contributed by atoms with van der Waals surface area (Å²) in [5, 5.41) is 0. The van der Waals surface area contributed by atoms with Gasteiger partial charge >= 0.3 is 0 Å². The molecule has 10 nitrogen and oxygen atoms in total. The molecule has 0 amide bonds. The van der Waals surface area contributed by atoms with Crippen molar-refractivity contribution in [2.45, 2.75) is 13.3 Å². The van der Waals surface area contributed by atoms with Crippen molar-refractivity contribution in [2.75, 3.05) is 78.0 Å². The Morgan fingerprint density at radius 2 is 1.42 bits per heavy atom. The number of carbonyl (C=O) groups excluding carboxylic acids is 1. The minimum absolute atomic E-state index is 0.216. The molecule has 0 aromatic heterocycles. The lowest BCUT2D eigenvalue weighted by atomic mass is 10.1. The van der Waals surface area contributed by atoms with Gasteiger partial charge in [-0.25, -0.2) is 0 Å². The molecular formula is C24H41N5O5P2. The van der Waals surface area contributed by atoms with E-state index in [1.54, 1.807) is 0 Å². The summed E-state index contributed by atoms with van der Waals surface area (Å²) < 4.78 is 0. The summed E-state index contributed by atoms with van der Waals surface area (Å²) in [6.07, 6.45) is 6.34. The van der Waals surface area contributed by atoms with Crippen LogP contribution < -0.4 is 0 Å². The Morgan fingerprint density at radius 1 is 0.889 bits per heavy atom. The molecule has 2 rings (SSSR count). The Morgan fingerprint density at radius 3 is 1.92 bits per heavy atom. The van der Waals surface area contributed by atoms with Crippen LogP contribution in [-0.2, 0) is 4.79 Å². The molecule has 0 bridgehead atoms. The predicted octanol–water partition coefficient (Wildman–Crippen LogP) is 1.66. The van der Waals surface area contributed by atoms with Crippen LogP contribution in [0.5, 0.6) is 0 Å². The number of hydrogen-bond donors (Lipinski definition) is 4. The Kier molecular flexibility index (Phi) is 15.0. The van der Waals surface area contributed by atoms with E-state index in [1.807, 2.05) is 33.8 Å². The first-order valence-electron chi connectivity index (χ1n) is 12.2. The van der Waals surface area contributed by atoms with Gasteiger partial charge in [0.25, 0.3) is 0 Å². The van der Waals surface area contributed by atoms with Gasteiger partial charge < -0.3 is 29.3 Å². The first kappa shape index (κ1) is 31.1. The number of hydrogen-bond acceptors (Lipinski definition) is 10. The van der Waals surface area contributed by atoms with Crippen LogP contribution >= 0.6 is 16.8 Å². The molecule has 0 saturated carbocycles. The maximum Gasteiger partial charge on any atom is 0.180 e. The SMILES string of the molecule is C=Nc1ccc(C)cc1/C=C\CCN1CCN(CP(O)O)CCN(CC=O)CCN(CP(O)O)CC1. The lowest BCUT2D eigenvalue weighted by Crippen LogP contribution is -2.46. The van der Waals surface area contributed by atoms with Crippen molar-refractivity contribution in [3.05, 3.63) is 35.4 Å². The fraction of sp³-hybridized carbons (Fsp3) is 0.583. The number of nitrogens with zero attached hydrogens (tertiary/aromatic N) is 5. The molecule has 1 aliphatic heterocycles. The maximum absolute atomic E-state index is 11.1. The van der Waals surface area contributed by atoms with E-state index in [4.69, 9.17) is 0 Å². The molecule has 1 saturated heterocycles. The first-order valence-corrected chi connectivity index (χ1v) is 15.0. The van der Waals surface area contributed by atoms with Gasteiger partial charge in [0.15, 0.2) is 16.8 Å². The molecule has 12 heteroatoms. The molecule has 1 aliphatic rings. The van der Waals surface area contributed by atoms with Crippen LogP contribution in [0.4, 0.5) is 5.69 Å². The molecule has 1 heterocycles. The molecule has 36 heavy (non-hydrogen) atoms. The monoisotopic (exact) mass is 541 g/mol. The van der Waals surface area contributed by atoms with E-state index in [1.165, 1.54) is 0 Å². The molecular weight excluding hydrogens is 500 g/mol. The predicted molar refractivity (Wildman–Crippen MR) is 149 cm³/mol. The summed E-state index contributed by atoms with van der Waals surface area (Å²) in [5.41, 5.74) is 3.05. The van der Waals surface area contributed by atoms with E-state index in [9.17, 15) is 24.4 Å². The quantitative estimate of drug-likeness (QED) is 0.188. The highest BCUT2D eigenvalue weighted by Crippen LogP contribution is 2.25. The number of aliphatic imine (C=N–C) groups is 1. The highest BCUT2D eigenvalue weighted by molar-refractivity contribution is 7.45. The number of aryl methyl sites for hydroxylation is 1. The van der Waals surface area contributed by atoms with Crippen molar-refractivity contribution >= 4 is 41.5 Å². The van der Waals surface area contributed by atoms with E-state index >= 15 is 0 Å². The molecule has 0 aliphatic carbocycles. The molecule has 4 N–H and O–H groups in total. The Balaban J connectivity index is 2.07. The Hall–Kier alpha value is -1.16. The summed E-state index contributed by atoms with van der Waals surface area (Å²) in [6, 6.07) is 6.07. The van der Waals surface area contributed by atoms with Gasteiger partial charge in [-0.1, -0.05) is 23.8 Å². The number of rotatable bonds is 11. The zero-order valence-electron chi connectivity index (χ0n) is 21.2. The second-order valence-electron chi connectivity index (χ2n) is 8.98. The lowest BCUT2D eigenvalue weighted by molar-refractivity contribution is -0.109. The number of aldehydes is 1. The smallest absolute Gasteiger partial charge is 0.180 e. The summed E-state index contributed by atoms with van der Waals surface area (Å²) in [5.74, 6) is 0. The lowest BCUT2D eigenvalue weighted by Gasteiger charge is -2.33. The highest BCUT2D eigenvalue weighted by Gasteiger charge is 2.18. The van der Waals surface area contributed by atoms with Crippen molar-refractivity contribution in [3.63, 3.8) is 0 Å². The molecule has 1 aromatic carbocycles. The van der Waals surface area contributed by atoms with Crippen molar-refractivity contribution < 1.29 is 24.4 Å². The topological polar surface area (TPSA) is 123 Å². The van der Waals surface area contributed by atoms with Gasteiger partial charge in [0.1, 0.15) is 6.29 Å². The van der Waals surface area contributed by atoms with E-state index in [0.29, 0.717) is 45.8 Å². The van der Waals surface area contributed by atoms with Gasteiger partial charge in [0.05, 0.1) is 24.8 Å². The Labute approximate surface area is 217 Å². The zero-order valence-corrected chi connectivity index (χ0v) is 23.0. The van der Waals surface area contributed by atoms with Crippen LogP contribution in [0.3, 0.4) is 0 Å². The van der Waals surface area contributed by atoms with Crippen LogP contribution in [0.25, 0.3) is 6.08 Å². The normalized spacial score (nSPS) is 18.5. The average molecular weight is 542 g/mol. The summed E-state index contributed by atoms with van der Waals surface area (Å²) in [6.45, 7) is 12.2. The molecule has 0 spiro atoms. The van der Waals surface area contributed by atoms with E-state index in [2.05, 4.69) is 34.8 Å². The van der Waals surface area contributed by atoms with E-state index in [0.717, 1.165) is 49.2 Å². The van der Waals surface area contributed by atoms with Gasteiger partial charge in [-0.15, -0.1) is 0 Å². The van der Waals surface area contributed by atoms with Crippen molar-refractivity contribution in [1.82, 2.24) is 19.6 Å². The van der Waals surface area contributed by atoms with Gasteiger partial charge in [0, 0.05) is 64.5 Å². The fourth-order valence-corrected chi connectivity index (χ4v) is 5.43. The zero-order chi connectivity index (χ0) is 26.3. The van der Waals surface area contributed by atoms with Crippen molar-refractivity contribution in [1.29, 1.82) is 0 Å². The van der Waals surface area contributed by atoms with Gasteiger partial charge in [0.2, 0.25) is 0 Å². The minimum Gasteiger partial charge on any atom is -0.349 e. The van der Waals surface area contributed by atoms with Crippen molar-refractivity contribution in [2.24, 2.45) is 4.99 Å². The third kappa shape index (κ3) is 12.4. The molecule has 202 valence electrons. The van der Waals surface area contributed by atoms with E-state index in [-0.39, 0.29) is 12.6 Å². The fourth-order valence-electron chi connectivity index (χ4n) is 4.15. The standard InChI is InChI=1S/C24H41N5O5P2/c1-22-6-7-24(25-2)23(19-22)5-3-4-8-26-9-13-28(20-35(31)32)15-11-27(17-18-30)12-16-29(14-10-26)21-36(33)34/h3,5-7,18-19,31-34H,2,4,8-17,20-21H2,1H3/b5-3-. The van der Waals surface area contributed by atoms with Crippen LogP contribution in [0.2, 0.25) is 0 Å². The van der Waals surface area contributed by atoms with Crippen molar-refractivity contribution in [3.8, 4) is 0 Å². The summed E-state index contributed by atoms with van der Waals surface area (Å²) >= 11 is 0. The Bertz CT molecular complexity index is 804. The molecule has 0 radical (unpaired) electrons. The molecule has 0 atom stereocenters. The number of carbonyl (C=O) groups is 1. The number of benzene rings is 1. The highest BCUT2D eigenvalue weighted by atomic mass is 31.2.